The van der Waals surface area contributed by atoms with E-state index in [-0.39, 0.29) is 76.9 Å². The molecule has 1 aromatic rings. The maximum Gasteiger partial charge on any atom is 0.410 e. The van der Waals surface area contributed by atoms with Gasteiger partial charge in [-0.2, -0.15) is 0 Å². The van der Waals surface area contributed by atoms with Crippen LogP contribution >= 0.6 is 0 Å². The number of piperidine rings is 1. The number of fused-ring (bicyclic) bond motifs is 13. The van der Waals surface area contributed by atoms with Crippen molar-refractivity contribution in [3.8, 4) is 11.5 Å². The number of phenolic OH excluding ortho intramolecular Hbond substituents is 1. The number of hydrogen-bond acceptors (Lipinski definition) is 15. The number of aliphatic imine (C=N–C) groups is 1. The lowest BCUT2D eigenvalue weighted by Crippen LogP contribution is -2.55. The van der Waals surface area contributed by atoms with Gasteiger partial charge in [0.1, 0.15) is 29.9 Å². The number of aromatic hydroxyl groups is 1. The molecule has 7 rings (SSSR count). The molecule has 5 aliphatic heterocycles. The van der Waals surface area contributed by atoms with Crippen molar-refractivity contribution in [1.29, 1.82) is 0 Å². The number of Topliss-reactive ketones (excluding diaryl/α,β-unsaturated/α-hetero) is 2. The number of nitrogens with one attached hydrogen (secondary N) is 2. The standard InChI is InChI=1S/C47H60N4O13/c1-11-20-61-45(59)51-18-16-47(17-19-51)22-48-35-34(50-47)31-32-39(55)28(7)42-33(31)43(57)46(9,64-42)62-21-15-30(60-10)25(4)41(63-29(8)52)27(6)38(54)26(5)37(53)23(2)13-12-14-24(3)44(58)49-36(35)40(32)56/h11-15,21,23,25-27,30,37-38,41,48,53-55H,1,16-20,22H2,2-10H3,(H,49,58)/b13-12+,21-15+,24-14-/t23-,25+,26+,27+,30-,37-,38+,41+,46-/m0/s1. The highest BCUT2D eigenvalue weighted by Gasteiger charge is 2.53. The number of nitrogens with zero attached hydrogens (tertiary/aromatic N) is 2. The van der Waals surface area contributed by atoms with Crippen LogP contribution in [0.15, 0.2) is 65.2 Å². The second kappa shape index (κ2) is 18.7. The number of benzene rings is 1. The van der Waals surface area contributed by atoms with Gasteiger partial charge in [-0.3, -0.25) is 24.2 Å². The molecule has 1 spiro atoms. The van der Waals surface area contributed by atoms with Gasteiger partial charge in [-0.1, -0.05) is 58.6 Å². The quantitative estimate of drug-likeness (QED) is 0.210. The van der Waals surface area contributed by atoms with E-state index in [0.29, 0.717) is 12.8 Å². The third kappa shape index (κ3) is 8.84. The fraction of sp³-hybridized carbons (Fsp3) is 0.532. The van der Waals surface area contributed by atoms with Crippen LogP contribution in [0, 0.1) is 30.6 Å². The summed E-state index contributed by atoms with van der Waals surface area (Å²) in [5.74, 6) is -7.75. The number of carbonyl (C=O) groups is 5. The van der Waals surface area contributed by atoms with Crippen LogP contribution in [0.5, 0.6) is 11.5 Å². The summed E-state index contributed by atoms with van der Waals surface area (Å²) >= 11 is 0. The Bertz CT molecular complexity index is 2250. The number of aliphatic hydroxyl groups excluding tert-OH is 2. The first-order chi connectivity index (χ1) is 30.2. The summed E-state index contributed by atoms with van der Waals surface area (Å²) in [5.41, 5.74) is -0.828. The summed E-state index contributed by atoms with van der Waals surface area (Å²) < 4.78 is 29.2. The Kier molecular flexibility index (Phi) is 14.0. The molecule has 6 aliphatic rings. The van der Waals surface area contributed by atoms with Crippen molar-refractivity contribution in [1.82, 2.24) is 15.5 Å². The third-order valence-electron chi connectivity index (χ3n) is 13.2. The first-order valence-electron chi connectivity index (χ1n) is 21.6. The maximum atomic E-state index is 14.8. The van der Waals surface area contributed by atoms with Crippen LogP contribution in [-0.2, 0) is 28.5 Å². The van der Waals surface area contributed by atoms with E-state index in [2.05, 4.69) is 17.2 Å². The lowest BCUT2D eigenvalue weighted by molar-refractivity contribution is -0.160. The highest BCUT2D eigenvalue weighted by Crippen LogP contribution is 2.49. The minimum absolute atomic E-state index is 0.00314. The Morgan fingerprint density at radius 2 is 1.69 bits per heavy atom. The Labute approximate surface area is 372 Å². The largest absolute Gasteiger partial charge is 0.507 e. The highest BCUT2D eigenvalue weighted by molar-refractivity contribution is 6.34. The van der Waals surface area contributed by atoms with Gasteiger partial charge in [0.15, 0.2) is 0 Å². The number of amides is 2. The molecular weight excluding hydrogens is 829 g/mol. The number of phenols is 1. The zero-order valence-electron chi connectivity index (χ0n) is 37.9. The molecule has 1 fully saturated rings. The SMILES string of the molecule is C=CCOC(=O)N1CCC2(CC1)CNC1=C3NC(=O)/C(C)=C\C=C\[C@H](C)[C@H](O)[C@@H](C)[C@@H](O)[C@@H](C)[C@H](OC(C)=O)[C@H](C)[C@@H](OC)/C=C/O[C@@]4(C)Oc5c(C)c(O)c(c(c5C4=O)C1=N2)C3=O. The molecule has 1 saturated heterocycles. The summed E-state index contributed by atoms with van der Waals surface area (Å²) in [7, 11) is 1.44. The van der Waals surface area contributed by atoms with E-state index in [4.69, 9.17) is 28.7 Å². The predicted octanol–water partition coefficient (Wildman–Crippen LogP) is 4.32. The van der Waals surface area contributed by atoms with Crippen molar-refractivity contribution in [2.24, 2.45) is 28.7 Å². The van der Waals surface area contributed by atoms with E-state index < -0.39 is 94.7 Å². The smallest absolute Gasteiger partial charge is 0.410 e. The first kappa shape index (κ1) is 47.7. The Morgan fingerprint density at radius 1 is 1.00 bits per heavy atom. The van der Waals surface area contributed by atoms with Crippen molar-refractivity contribution in [2.75, 3.05) is 33.4 Å². The summed E-state index contributed by atoms with van der Waals surface area (Å²) in [4.78, 5) is 75.3. The van der Waals surface area contributed by atoms with Crippen LogP contribution < -0.4 is 15.4 Å². The van der Waals surface area contributed by atoms with E-state index in [9.17, 15) is 39.3 Å². The van der Waals surface area contributed by atoms with Crippen LogP contribution in [0.2, 0.25) is 0 Å². The number of carbonyl (C=O) groups excluding carboxylic acids is 5. The summed E-state index contributed by atoms with van der Waals surface area (Å²) in [6.45, 7) is 17.1. The third-order valence-corrected chi connectivity index (χ3v) is 13.2. The average molecular weight is 889 g/mol. The maximum absolute atomic E-state index is 14.8. The van der Waals surface area contributed by atoms with Crippen molar-refractivity contribution < 1.29 is 63.0 Å². The number of methoxy groups -OCH3 is 1. The number of ether oxygens (including phenoxy) is 5. The highest BCUT2D eigenvalue weighted by atomic mass is 16.7. The first-order valence-corrected chi connectivity index (χ1v) is 21.6. The second-order valence-corrected chi connectivity index (χ2v) is 17.6. The van der Waals surface area contributed by atoms with Crippen LogP contribution in [0.3, 0.4) is 0 Å². The lowest BCUT2D eigenvalue weighted by Gasteiger charge is -2.43. The monoisotopic (exact) mass is 888 g/mol. The van der Waals surface area contributed by atoms with Gasteiger partial charge in [-0.05, 0) is 32.8 Å². The van der Waals surface area contributed by atoms with E-state index in [1.165, 1.54) is 52.4 Å². The van der Waals surface area contributed by atoms with Gasteiger partial charge in [0, 0.05) is 81.0 Å². The van der Waals surface area contributed by atoms with Gasteiger partial charge in [0.05, 0.1) is 52.6 Å². The molecular formula is C47H60N4O13. The van der Waals surface area contributed by atoms with Crippen LogP contribution in [-0.4, -0.2) is 125 Å². The van der Waals surface area contributed by atoms with Gasteiger partial charge in [-0.25, -0.2) is 4.79 Å². The molecule has 0 unspecified atom stereocenters. The number of hydrogen-bond donors (Lipinski definition) is 5. The second-order valence-electron chi connectivity index (χ2n) is 17.6. The number of rotatable bonds is 4. The van der Waals surface area contributed by atoms with Crippen LogP contribution in [0.1, 0.15) is 93.2 Å². The molecule has 346 valence electrons. The number of esters is 1. The van der Waals surface area contributed by atoms with Gasteiger partial charge in [-0.15, -0.1) is 0 Å². The van der Waals surface area contributed by atoms with Crippen molar-refractivity contribution in [2.45, 2.75) is 104 Å². The van der Waals surface area contributed by atoms with E-state index >= 15 is 0 Å². The molecule has 0 aromatic heterocycles. The zero-order chi connectivity index (χ0) is 47.0. The van der Waals surface area contributed by atoms with Crippen LogP contribution in [0.25, 0.3) is 0 Å². The van der Waals surface area contributed by atoms with Gasteiger partial charge in [0.25, 0.3) is 11.7 Å². The van der Waals surface area contributed by atoms with Gasteiger partial charge >= 0.3 is 17.8 Å². The molecule has 0 saturated carbocycles. The zero-order valence-corrected chi connectivity index (χ0v) is 37.9. The number of ketones is 2. The predicted molar refractivity (Wildman–Crippen MR) is 233 cm³/mol. The molecule has 0 radical (unpaired) electrons. The van der Waals surface area contributed by atoms with Crippen molar-refractivity contribution >= 4 is 35.2 Å². The van der Waals surface area contributed by atoms with E-state index in [0.717, 1.165) is 0 Å². The summed E-state index contributed by atoms with van der Waals surface area (Å²) in [6, 6.07) is 0. The fourth-order valence-corrected chi connectivity index (χ4v) is 9.14. The Hall–Kier alpha value is -5.78. The summed E-state index contributed by atoms with van der Waals surface area (Å²) in [5, 5.41) is 40.9. The van der Waals surface area contributed by atoms with E-state index in [1.54, 1.807) is 51.7 Å². The number of aliphatic hydroxyl groups is 2. The number of likely N-dealkylation sites (tertiary alicyclic amines) is 1. The molecule has 1 aliphatic carbocycles. The molecule has 17 nitrogen and oxygen atoms in total. The normalized spacial score (nSPS) is 32.4. The van der Waals surface area contributed by atoms with Crippen LogP contribution in [0.4, 0.5) is 4.79 Å². The lowest BCUT2D eigenvalue weighted by atomic mass is 9.78. The summed E-state index contributed by atoms with van der Waals surface area (Å²) in [6.07, 6.45) is 5.35. The molecule has 9 atom stereocenters. The molecule has 5 bridgehead atoms. The molecule has 64 heavy (non-hydrogen) atoms. The average Bonchev–Trinajstić information content (AvgIpc) is 3.53. The van der Waals surface area contributed by atoms with Gasteiger partial charge < -0.3 is 54.5 Å². The Balaban J connectivity index is 1.49. The molecule has 17 heteroatoms. The fourth-order valence-electron chi connectivity index (χ4n) is 9.14. The number of allylic oxidation sites excluding steroid dienone is 4. The topological polar surface area (TPSA) is 232 Å². The molecule has 5 heterocycles. The van der Waals surface area contributed by atoms with Crippen molar-refractivity contribution in [3.63, 3.8) is 0 Å². The minimum Gasteiger partial charge on any atom is -0.507 e. The minimum atomic E-state index is -2.03. The molecule has 2 amide bonds. The Morgan fingerprint density at radius 3 is 2.33 bits per heavy atom. The van der Waals surface area contributed by atoms with E-state index in [1.807, 2.05) is 0 Å². The van der Waals surface area contributed by atoms with Crippen molar-refractivity contribution in [3.05, 3.63) is 82.4 Å². The molecule has 5 N–H and O–H groups in total. The molecule has 1 aromatic carbocycles. The van der Waals surface area contributed by atoms with Gasteiger partial charge in [0.2, 0.25) is 5.78 Å².